The number of anilines is 2. The molecule has 3 N–H and O–H groups in total. The maximum atomic E-state index is 6.21. The van der Waals surface area contributed by atoms with E-state index in [-0.39, 0.29) is 0 Å². The first-order chi connectivity index (χ1) is 14.0. The smallest absolute Gasteiger partial charge is 0.162 e. The summed E-state index contributed by atoms with van der Waals surface area (Å²) in [7, 11) is 1.65. The second-order valence-corrected chi connectivity index (χ2v) is 7.61. The van der Waals surface area contributed by atoms with Crippen LogP contribution in [0.2, 0.25) is 5.02 Å². The maximum absolute atomic E-state index is 6.21. The van der Waals surface area contributed by atoms with Crippen LogP contribution in [0.5, 0.6) is 5.75 Å². The molecule has 8 heteroatoms. The summed E-state index contributed by atoms with van der Waals surface area (Å²) < 4.78 is 5.99. The quantitative estimate of drug-likeness (QED) is 0.411. The lowest BCUT2D eigenvalue weighted by molar-refractivity contribution is 0.414. The summed E-state index contributed by atoms with van der Waals surface area (Å²) in [6.45, 7) is 0.624. The van der Waals surface area contributed by atoms with Crippen molar-refractivity contribution in [1.82, 2.24) is 15.0 Å². The van der Waals surface area contributed by atoms with Crippen molar-refractivity contribution in [2.75, 3.05) is 18.2 Å². The summed E-state index contributed by atoms with van der Waals surface area (Å²) in [5.41, 5.74) is 8.77. The Bertz CT molecular complexity index is 1180. The van der Waals surface area contributed by atoms with Crippen LogP contribution in [-0.2, 0) is 6.54 Å². The van der Waals surface area contributed by atoms with Gasteiger partial charge in [0.2, 0.25) is 0 Å². The molecule has 0 bridgehead atoms. The molecule has 4 rings (SSSR count). The van der Waals surface area contributed by atoms with E-state index >= 15 is 0 Å². The Morgan fingerprint density at radius 1 is 1.10 bits per heavy atom. The lowest BCUT2D eigenvalue weighted by Crippen LogP contribution is -2.03. The number of hydrogen-bond donors (Lipinski definition) is 2. The van der Waals surface area contributed by atoms with Gasteiger partial charge in [0.1, 0.15) is 17.4 Å². The number of nitrogen functional groups attached to an aromatic ring is 1. The molecular formula is C21H17BrClN5O. The lowest BCUT2D eigenvalue weighted by Gasteiger charge is -2.10. The van der Waals surface area contributed by atoms with Crippen molar-refractivity contribution < 1.29 is 4.74 Å². The monoisotopic (exact) mass is 469 g/mol. The highest BCUT2D eigenvalue weighted by Crippen LogP contribution is 2.29. The first-order valence-corrected chi connectivity index (χ1v) is 9.96. The third-order valence-corrected chi connectivity index (χ3v) is 5.65. The van der Waals surface area contributed by atoms with Gasteiger partial charge in [0.25, 0.3) is 0 Å². The molecule has 0 radical (unpaired) electrons. The minimum atomic E-state index is 0.388. The number of nitrogens with zero attached hydrogens (tertiary/aromatic N) is 3. The number of ether oxygens (including phenoxy) is 1. The van der Waals surface area contributed by atoms with Gasteiger partial charge in [0, 0.05) is 22.0 Å². The van der Waals surface area contributed by atoms with Gasteiger partial charge in [-0.2, -0.15) is 0 Å². The van der Waals surface area contributed by atoms with Gasteiger partial charge in [0.15, 0.2) is 5.82 Å². The highest BCUT2D eigenvalue weighted by Gasteiger charge is 2.10. The fourth-order valence-corrected chi connectivity index (χ4v) is 3.28. The van der Waals surface area contributed by atoms with Crippen LogP contribution in [0.1, 0.15) is 5.56 Å². The summed E-state index contributed by atoms with van der Waals surface area (Å²) in [6, 6.07) is 15.2. The highest BCUT2D eigenvalue weighted by atomic mass is 79.9. The minimum Gasteiger partial charge on any atom is -0.497 e. The van der Waals surface area contributed by atoms with Gasteiger partial charge in [-0.1, -0.05) is 23.7 Å². The Morgan fingerprint density at radius 2 is 1.90 bits per heavy atom. The van der Waals surface area contributed by atoms with E-state index in [0.29, 0.717) is 34.5 Å². The fourth-order valence-electron chi connectivity index (χ4n) is 2.85. The average Bonchev–Trinajstić information content (AvgIpc) is 2.74. The Hall–Kier alpha value is -2.90. The molecule has 0 amide bonds. The van der Waals surface area contributed by atoms with Gasteiger partial charge in [-0.25, -0.2) is 15.0 Å². The minimum absolute atomic E-state index is 0.388. The number of nitrogens with two attached hydrogens (primary N) is 1. The van der Waals surface area contributed by atoms with Crippen molar-refractivity contribution in [1.29, 1.82) is 0 Å². The van der Waals surface area contributed by atoms with E-state index in [0.717, 1.165) is 26.7 Å². The second-order valence-electron chi connectivity index (χ2n) is 6.35. The first-order valence-electron chi connectivity index (χ1n) is 8.79. The molecule has 0 aliphatic carbocycles. The maximum Gasteiger partial charge on any atom is 0.162 e. The zero-order chi connectivity index (χ0) is 20.4. The van der Waals surface area contributed by atoms with E-state index in [4.69, 9.17) is 22.1 Å². The molecule has 0 atom stereocenters. The average molecular weight is 471 g/mol. The number of nitrogens with one attached hydrogen (secondary N) is 1. The lowest BCUT2D eigenvalue weighted by atomic mass is 10.2. The number of methoxy groups -OCH3 is 1. The Morgan fingerprint density at radius 3 is 2.62 bits per heavy atom. The standard InChI is InChI=1S/C21H17BrClN5O/c1-29-14-5-2-12(3-6-14)10-25-19-9-15-18(11-26-19)27-21(28-20(15)24)13-4-7-16(22)17(23)8-13/h2-9,11H,10H2,1H3,(H,25,26)(H2,24,27,28). The molecule has 0 unspecified atom stereocenters. The molecule has 0 fully saturated rings. The van der Waals surface area contributed by atoms with Crippen molar-refractivity contribution >= 4 is 50.1 Å². The SMILES string of the molecule is COc1ccc(CNc2cc3c(N)nc(-c4ccc(Br)c(Cl)c4)nc3cn2)cc1. The molecular weight excluding hydrogens is 454 g/mol. The van der Waals surface area contributed by atoms with E-state index in [1.165, 1.54) is 0 Å². The summed E-state index contributed by atoms with van der Waals surface area (Å²) in [4.78, 5) is 13.5. The molecule has 0 saturated carbocycles. The fraction of sp³-hybridized carbons (Fsp3) is 0.0952. The number of pyridine rings is 1. The predicted octanol–water partition coefficient (Wildman–Crippen LogP) is 5.31. The van der Waals surface area contributed by atoms with Crippen LogP contribution in [0.15, 0.2) is 59.2 Å². The molecule has 2 heterocycles. The van der Waals surface area contributed by atoms with Crippen LogP contribution in [0, 0.1) is 0 Å². The summed E-state index contributed by atoms with van der Waals surface area (Å²) >= 11 is 9.57. The third kappa shape index (κ3) is 4.26. The molecule has 0 spiro atoms. The van der Waals surface area contributed by atoms with E-state index in [1.807, 2.05) is 42.5 Å². The number of benzene rings is 2. The van der Waals surface area contributed by atoms with E-state index < -0.39 is 0 Å². The van der Waals surface area contributed by atoms with Gasteiger partial charge < -0.3 is 15.8 Å². The third-order valence-electron chi connectivity index (χ3n) is 4.42. The van der Waals surface area contributed by atoms with Crippen LogP contribution in [0.4, 0.5) is 11.6 Å². The van der Waals surface area contributed by atoms with E-state index in [1.54, 1.807) is 19.4 Å². The zero-order valence-electron chi connectivity index (χ0n) is 15.5. The molecule has 2 aromatic heterocycles. The van der Waals surface area contributed by atoms with E-state index in [9.17, 15) is 0 Å². The zero-order valence-corrected chi connectivity index (χ0v) is 17.8. The van der Waals surface area contributed by atoms with Crippen LogP contribution < -0.4 is 15.8 Å². The van der Waals surface area contributed by atoms with Crippen molar-refractivity contribution in [3.63, 3.8) is 0 Å². The van der Waals surface area contributed by atoms with Crippen molar-refractivity contribution in [2.24, 2.45) is 0 Å². The summed E-state index contributed by atoms with van der Waals surface area (Å²) in [5, 5.41) is 4.62. The van der Waals surface area contributed by atoms with Crippen LogP contribution in [-0.4, -0.2) is 22.1 Å². The van der Waals surface area contributed by atoms with Crippen molar-refractivity contribution in [2.45, 2.75) is 6.54 Å². The van der Waals surface area contributed by atoms with Gasteiger partial charge in [-0.3, -0.25) is 0 Å². The molecule has 146 valence electrons. The molecule has 4 aromatic rings. The molecule has 2 aromatic carbocycles. The van der Waals surface area contributed by atoms with Gasteiger partial charge in [0.05, 0.1) is 23.8 Å². The van der Waals surface area contributed by atoms with Gasteiger partial charge in [-0.05, 0) is 57.9 Å². The number of hydrogen-bond acceptors (Lipinski definition) is 6. The van der Waals surface area contributed by atoms with Gasteiger partial charge >= 0.3 is 0 Å². The molecule has 0 aliphatic rings. The highest BCUT2D eigenvalue weighted by molar-refractivity contribution is 9.10. The van der Waals surface area contributed by atoms with Crippen LogP contribution >= 0.6 is 27.5 Å². The van der Waals surface area contributed by atoms with Crippen molar-refractivity contribution in [3.05, 3.63) is 69.8 Å². The summed E-state index contributed by atoms with van der Waals surface area (Å²) in [5.74, 6) is 2.41. The van der Waals surface area contributed by atoms with Gasteiger partial charge in [-0.15, -0.1) is 0 Å². The Labute approximate surface area is 181 Å². The molecule has 6 nitrogen and oxygen atoms in total. The summed E-state index contributed by atoms with van der Waals surface area (Å²) in [6.07, 6.45) is 1.69. The van der Waals surface area contributed by atoms with Crippen LogP contribution in [0.3, 0.4) is 0 Å². The Balaban J connectivity index is 1.59. The number of aromatic nitrogens is 3. The topological polar surface area (TPSA) is 86.0 Å². The molecule has 29 heavy (non-hydrogen) atoms. The number of halogens is 2. The Kier molecular flexibility index (Phi) is 5.51. The normalized spacial score (nSPS) is 10.9. The van der Waals surface area contributed by atoms with E-state index in [2.05, 4.69) is 36.2 Å². The molecule has 0 aliphatic heterocycles. The number of rotatable bonds is 5. The largest absolute Gasteiger partial charge is 0.497 e. The first kappa shape index (κ1) is 19.4. The van der Waals surface area contributed by atoms with Crippen molar-refractivity contribution in [3.8, 4) is 17.1 Å². The predicted molar refractivity (Wildman–Crippen MR) is 120 cm³/mol. The molecule has 0 saturated heterocycles. The second kappa shape index (κ2) is 8.23. The van der Waals surface area contributed by atoms with Crippen LogP contribution in [0.25, 0.3) is 22.3 Å². The number of fused-ring (bicyclic) bond motifs is 1.